The summed E-state index contributed by atoms with van der Waals surface area (Å²) >= 11 is 0. The highest BCUT2D eigenvalue weighted by atomic mass is 16.5. The molecular formula is C36H48O5. The van der Waals surface area contributed by atoms with Crippen molar-refractivity contribution in [2.24, 2.45) is 39.9 Å². The Morgan fingerprint density at radius 3 is 2.46 bits per heavy atom. The molecule has 1 N–H and O–H groups in total. The van der Waals surface area contributed by atoms with E-state index in [1.165, 1.54) is 19.3 Å². The van der Waals surface area contributed by atoms with Crippen molar-refractivity contribution in [3.05, 3.63) is 33.9 Å². The molecule has 5 nitrogen and oxygen atoms in total. The Kier molecular flexibility index (Phi) is 6.10. The monoisotopic (exact) mass is 560 g/mol. The first-order chi connectivity index (χ1) is 19.3. The minimum absolute atomic E-state index is 0.00609. The van der Waals surface area contributed by atoms with Crippen molar-refractivity contribution in [3.63, 3.8) is 0 Å². The molecular weight excluding hydrogens is 512 g/mol. The van der Waals surface area contributed by atoms with E-state index in [0.29, 0.717) is 53.3 Å². The molecule has 0 heterocycles. The van der Waals surface area contributed by atoms with E-state index >= 15 is 0 Å². The molecule has 0 bridgehead atoms. The molecule has 0 aliphatic heterocycles. The number of ether oxygens (including phenoxy) is 1. The first-order valence-electron chi connectivity index (χ1n) is 16.5. The number of rotatable bonds is 4. The van der Waals surface area contributed by atoms with E-state index in [9.17, 15) is 19.5 Å². The summed E-state index contributed by atoms with van der Waals surface area (Å²) in [5.74, 6) is 2.76. The van der Waals surface area contributed by atoms with E-state index in [1.807, 2.05) is 13.0 Å². The van der Waals surface area contributed by atoms with Crippen LogP contribution in [0.5, 0.6) is 0 Å². The van der Waals surface area contributed by atoms with Crippen LogP contribution < -0.4 is 0 Å². The van der Waals surface area contributed by atoms with Crippen LogP contribution in [0.3, 0.4) is 0 Å². The molecule has 7 rings (SSSR count). The summed E-state index contributed by atoms with van der Waals surface area (Å²) in [6.07, 6.45) is 14.0. The smallest absolute Gasteiger partial charge is 0.306 e. The van der Waals surface area contributed by atoms with Gasteiger partial charge in [0.2, 0.25) is 0 Å². The summed E-state index contributed by atoms with van der Waals surface area (Å²) in [7, 11) is 0. The second-order valence-electron chi connectivity index (χ2n) is 15.7. The van der Waals surface area contributed by atoms with Gasteiger partial charge in [0.25, 0.3) is 0 Å². The van der Waals surface area contributed by atoms with E-state index in [0.717, 1.165) is 73.7 Å². The van der Waals surface area contributed by atoms with Crippen LogP contribution in [0.2, 0.25) is 0 Å². The number of aliphatic hydroxyl groups is 1. The average Bonchev–Trinajstić information content (AvgIpc) is 3.61. The van der Waals surface area contributed by atoms with Gasteiger partial charge in [-0.25, -0.2) is 0 Å². The summed E-state index contributed by atoms with van der Waals surface area (Å²) in [5, 5.41) is 11.1. The van der Waals surface area contributed by atoms with Gasteiger partial charge in [0.05, 0.1) is 0 Å². The highest BCUT2D eigenvalue weighted by Gasteiger charge is 2.65. The first kappa shape index (κ1) is 27.8. The van der Waals surface area contributed by atoms with Crippen LogP contribution in [0.4, 0.5) is 0 Å². The van der Waals surface area contributed by atoms with Crippen molar-refractivity contribution in [3.8, 4) is 0 Å². The van der Waals surface area contributed by atoms with Crippen LogP contribution in [0.1, 0.15) is 118 Å². The Hall–Kier alpha value is -2.01. The summed E-state index contributed by atoms with van der Waals surface area (Å²) < 4.78 is 6.14. The van der Waals surface area contributed by atoms with Crippen LogP contribution in [0, 0.1) is 39.9 Å². The molecule has 5 fully saturated rings. The molecule has 5 heteroatoms. The molecule has 8 atom stereocenters. The Morgan fingerprint density at radius 2 is 1.73 bits per heavy atom. The maximum Gasteiger partial charge on any atom is 0.306 e. The number of fused-ring (bicyclic) bond motifs is 6. The van der Waals surface area contributed by atoms with Crippen LogP contribution in [0.25, 0.3) is 0 Å². The van der Waals surface area contributed by atoms with Crippen LogP contribution >= 0.6 is 0 Å². The number of esters is 1. The van der Waals surface area contributed by atoms with Gasteiger partial charge in [-0.2, -0.15) is 0 Å². The highest BCUT2D eigenvalue weighted by Crippen LogP contribution is 2.66. The predicted molar refractivity (Wildman–Crippen MR) is 157 cm³/mol. The van der Waals surface area contributed by atoms with Gasteiger partial charge in [-0.05, 0) is 143 Å². The van der Waals surface area contributed by atoms with Crippen molar-refractivity contribution < 1.29 is 24.2 Å². The van der Waals surface area contributed by atoms with E-state index in [1.54, 1.807) is 6.92 Å². The lowest BCUT2D eigenvalue weighted by Gasteiger charge is -2.60. The van der Waals surface area contributed by atoms with Crippen molar-refractivity contribution in [1.29, 1.82) is 0 Å². The normalized spacial score (nSPS) is 44.3. The van der Waals surface area contributed by atoms with Gasteiger partial charge in [0, 0.05) is 29.2 Å². The molecule has 1 spiro atoms. The molecule has 7 aliphatic rings. The first-order valence-corrected chi connectivity index (χ1v) is 16.5. The maximum absolute atomic E-state index is 13.2. The van der Waals surface area contributed by atoms with Crippen LogP contribution in [-0.4, -0.2) is 34.3 Å². The molecule has 0 aromatic carbocycles. The Labute approximate surface area is 245 Å². The van der Waals surface area contributed by atoms with E-state index in [-0.39, 0.29) is 23.3 Å². The number of hydrogen-bond donors (Lipinski definition) is 1. The fourth-order valence-electron chi connectivity index (χ4n) is 11.3. The van der Waals surface area contributed by atoms with Crippen molar-refractivity contribution >= 4 is 17.5 Å². The average molecular weight is 561 g/mol. The van der Waals surface area contributed by atoms with E-state index < -0.39 is 11.0 Å². The minimum Gasteiger partial charge on any atom is -0.462 e. The molecule has 41 heavy (non-hydrogen) atoms. The Balaban J connectivity index is 0.986. The third kappa shape index (κ3) is 3.72. The summed E-state index contributed by atoms with van der Waals surface area (Å²) in [6.45, 7) is 10.5. The zero-order valence-corrected chi connectivity index (χ0v) is 25.7. The van der Waals surface area contributed by atoms with Gasteiger partial charge >= 0.3 is 5.97 Å². The highest BCUT2D eigenvalue weighted by molar-refractivity contribution is 6.10. The van der Waals surface area contributed by atoms with Crippen molar-refractivity contribution in [2.45, 2.75) is 130 Å². The molecule has 0 aromatic rings. The molecule has 0 radical (unpaired) electrons. The second-order valence-corrected chi connectivity index (χ2v) is 15.7. The Bertz CT molecular complexity index is 1320. The van der Waals surface area contributed by atoms with Gasteiger partial charge in [-0.3, -0.25) is 14.4 Å². The topological polar surface area (TPSA) is 80.7 Å². The summed E-state index contributed by atoms with van der Waals surface area (Å²) in [5.41, 5.74) is 3.27. The third-order valence-electron chi connectivity index (χ3n) is 14.1. The molecule has 7 aliphatic carbocycles. The number of carbonyl (C=O) groups excluding carboxylic acids is 3. The van der Waals surface area contributed by atoms with E-state index in [4.69, 9.17) is 4.74 Å². The number of hydrogen-bond acceptors (Lipinski definition) is 5. The van der Waals surface area contributed by atoms with E-state index in [2.05, 4.69) is 20.8 Å². The van der Waals surface area contributed by atoms with Crippen molar-refractivity contribution in [1.82, 2.24) is 0 Å². The fourth-order valence-corrected chi connectivity index (χ4v) is 11.3. The van der Waals surface area contributed by atoms with Crippen LogP contribution in [0.15, 0.2) is 33.9 Å². The van der Waals surface area contributed by atoms with Gasteiger partial charge in [0.1, 0.15) is 17.5 Å². The molecule has 0 amide bonds. The maximum atomic E-state index is 13.2. The Morgan fingerprint density at radius 1 is 0.976 bits per heavy atom. The molecule has 6 unspecified atom stereocenters. The van der Waals surface area contributed by atoms with Gasteiger partial charge in [-0.1, -0.05) is 19.4 Å². The minimum atomic E-state index is -1.35. The van der Waals surface area contributed by atoms with Gasteiger partial charge in [-0.15, -0.1) is 0 Å². The molecule has 222 valence electrons. The molecule has 0 aromatic heterocycles. The van der Waals surface area contributed by atoms with Gasteiger partial charge < -0.3 is 9.84 Å². The molecule has 5 saturated carbocycles. The zero-order valence-electron chi connectivity index (χ0n) is 25.7. The SMILES string of the molecule is CC1=C(CCC(=O)OC2CCC3(C)C(CCC4C3CC[C@]3(C)C(=O)CCC43)C2)C2=C(C)C3(CC3)[C@@](C)(O)C(=O)C2=C1. The van der Waals surface area contributed by atoms with Crippen molar-refractivity contribution in [2.75, 3.05) is 0 Å². The van der Waals surface area contributed by atoms with Gasteiger partial charge in [0.15, 0.2) is 5.78 Å². The predicted octanol–water partition coefficient (Wildman–Crippen LogP) is 6.98. The zero-order chi connectivity index (χ0) is 29.1. The third-order valence-corrected chi connectivity index (χ3v) is 14.1. The standard InChI is InChI=1S/C36H48O5/c1-20-18-26-31(21(2)36(16-17-36)35(5,40)32(26)39)24(20)8-11-30(38)41-23-12-14-33(3)22(19-23)6-7-25-27-9-10-29(37)34(27,4)15-13-28(25)33/h18,22-23,25,27-28,40H,6-17,19H2,1-5H3/t22?,23?,25?,27?,28?,33?,34-,35-/m0/s1. The van der Waals surface area contributed by atoms with Crippen LogP contribution in [-0.2, 0) is 19.1 Å². The quantitative estimate of drug-likeness (QED) is 0.375. The lowest BCUT2D eigenvalue weighted by molar-refractivity contribution is -0.162. The second kappa shape index (κ2) is 9.00. The lowest BCUT2D eigenvalue weighted by Crippen LogP contribution is -2.54. The lowest BCUT2D eigenvalue weighted by atomic mass is 9.45. The largest absolute Gasteiger partial charge is 0.462 e. The number of carbonyl (C=O) groups is 3. The summed E-state index contributed by atoms with van der Waals surface area (Å²) in [4.78, 5) is 39.2. The summed E-state index contributed by atoms with van der Waals surface area (Å²) in [6, 6.07) is 0. The number of ketones is 2. The number of allylic oxidation sites excluding steroid dienone is 4. The fraction of sp³-hybridized carbons (Fsp3) is 0.750. The molecule has 0 saturated heterocycles. The number of Topliss-reactive ketones (excluding diaryl/α,β-unsaturated/α-hetero) is 2.